The molecule has 2 aromatic rings. The van der Waals surface area contributed by atoms with E-state index in [2.05, 4.69) is 9.71 Å². The van der Waals surface area contributed by atoms with Gasteiger partial charge in [-0.3, -0.25) is 9.78 Å². The lowest BCUT2D eigenvalue weighted by molar-refractivity contribution is 0.0728. The molecule has 1 N–H and O–H groups in total. The van der Waals surface area contributed by atoms with E-state index >= 15 is 0 Å². The predicted molar refractivity (Wildman–Crippen MR) is 98.7 cm³/mol. The number of hydrogen-bond acceptors (Lipinski definition) is 5. The molecule has 8 heteroatoms. The second-order valence-corrected chi connectivity index (χ2v) is 8.52. The Kier molecular flexibility index (Phi) is 4.94. The fourth-order valence-electron chi connectivity index (χ4n) is 3.44. The third kappa shape index (κ3) is 3.87. The maximum atomic E-state index is 12.6. The highest BCUT2D eigenvalue weighted by Crippen LogP contribution is 2.24. The molecule has 1 atom stereocenters. The van der Waals surface area contributed by atoms with Gasteiger partial charge in [0.15, 0.2) is 0 Å². The number of fused-ring (bicyclic) bond motifs is 1. The van der Waals surface area contributed by atoms with Crippen molar-refractivity contribution >= 4 is 15.9 Å². The fraction of sp³-hybridized carbons (Fsp3) is 0.368. The van der Waals surface area contributed by atoms with Crippen molar-refractivity contribution in [1.29, 1.82) is 0 Å². The zero-order valence-electron chi connectivity index (χ0n) is 14.8. The van der Waals surface area contributed by atoms with Crippen molar-refractivity contribution < 1.29 is 17.9 Å². The number of benzene rings is 1. The molecule has 7 nitrogen and oxygen atoms in total. The molecular weight excluding hydrogens is 366 g/mol. The first-order valence-corrected chi connectivity index (χ1v) is 10.4. The van der Waals surface area contributed by atoms with Gasteiger partial charge in [-0.05, 0) is 48.2 Å². The summed E-state index contributed by atoms with van der Waals surface area (Å²) in [6.45, 7) is 1.98. The van der Waals surface area contributed by atoms with E-state index < -0.39 is 10.0 Å². The quantitative estimate of drug-likeness (QED) is 0.855. The number of carbonyl (C=O) groups excluding carboxylic acids is 1. The molecule has 3 heterocycles. The summed E-state index contributed by atoms with van der Waals surface area (Å²) in [5.41, 5.74) is 2.35. The number of aromatic nitrogens is 1. The summed E-state index contributed by atoms with van der Waals surface area (Å²) in [6.07, 6.45) is 2.91. The highest BCUT2D eigenvalue weighted by molar-refractivity contribution is 7.89. The Morgan fingerprint density at radius 1 is 1.22 bits per heavy atom. The first-order valence-electron chi connectivity index (χ1n) is 8.95. The minimum atomic E-state index is -3.57. The van der Waals surface area contributed by atoms with Crippen molar-refractivity contribution in [2.75, 3.05) is 19.8 Å². The smallest absolute Gasteiger partial charge is 0.272 e. The largest absolute Gasteiger partial charge is 0.380 e. The van der Waals surface area contributed by atoms with Gasteiger partial charge in [0.05, 0.1) is 11.5 Å². The van der Waals surface area contributed by atoms with Crippen molar-refractivity contribution in [2.24, 2.45) is 0 Å². The molecule has 0 radical (unpaired) electrons. The van der Waals surface area contributed by atoms with Gasteiger partial charge in [0, 0.05) is 31.9 Å². The summed E-state index contributed by atoms with van der Waals surface area (Å²) < 4.78 is 33.1. The van der Waals surface area contributed by atoms with Gasteiger partial charge in [0.2, 0.25) is 10.0 Å². The summed E-state index contributed by atoms with van der Waals surface area (Å²) in [5, 5.41) is 0. The summed E-state index contributed by atoms with van der Waals surface area (Å²) in [4.78, 5) is 18.7. The molecule has 0 unspecified atom stereocenters. The summed E-state index contributed by atoms with van der Waals surface area (Å²) in [7, 11) is -3.57. The van der Waals surface area contributed by atoms with E-state index in [0.29, 0.717) is 44.8 Å². The molecule has 1 fully saturated rings. The van der Waals surface area contributed by atoms with Gasteiger partial charge >= 0.3 is 0 Å². The van der Waals surface area contributed by atoms with Crippen LogP contribution < -0.4 is 4.72 Å². The molecule has 2 aliphatic heterocycles. The third-order valence-electron chi connectivity index (χ3n) is 4.92. The number of nitrogens with one attached hydrogen (secondary N) is 1. The van der Waals surface area contributed by atoms with Crippen LogP contribution in [0.2, 0.25) is 0 Å². The van der Waals surface area contributed by atoms with E-state index in [1.807, 2.05) is 0 Å². The number of rotatable bonds is 4. The third-order valence-corrected chi connectivity index (χ3v) is 6.44. The lowest BCUT2D eigenvalue weighted by atomic mass is 9.99. The monoisotopic (exact) mass is 387 g/mol. The number of sulfonamides is 1. The van der Waals surface area contributed by atoms with Gasteiger partial charge in [0.1, 0.15) is 5.69 Å². The maximum Gasteiger partial charge on any atom is 0.272 e. The van der Waals surface area contributed by atoms with E-state index in [-0.39, 0.29) is 16.8 Å². The second kappa shape index (κ2) is 7.38. The standard InChI is InChI=1S/C19H21N3O4S/c23-19(18-3-1-2-8-20-18)22-9-6-14-11-17(5-4-15(14)12-22)27(24,25)21-16-7-10-26-13-16/h1-5,8,11,16,21H,6-7,9-10,12-13H2/t16-/m0/s1. The van der Waals surface area contributed by atoms with Crippen LogP contribution in [0.15, 0.2) is 47.5 Å². The van der Waals surface area contributed by atoms with Crippen LogP contribution >= 0.6 is 0 Å². The van der Waals surface area contributed by atoms with Crippen molar-refractivity contribution in [3.05, 3.63) is 59.4 Å². The first-order chi connectivity index (χ1) is 13.0. The molecule has 0 aliphatic carbocycles. The lowest BCUT2D eigenvalue weighted by Gasteiger charge is -2.29. The van der Waals surface area contributed by atoms with Gasteiger partial charge in [-0.1, -0.05) is 12.1 Å². The molecular formula is C19H21N3O4S. The van der Waals surface area contributed by atoms with Gasteiger partial charge < -0.3 is 9.64 Å². The van der Waals surface area contributed by atoms with Crippen molar-refractivity contribution in [3.63, 3.8) is 0 Å². The molecule has 27 heavy (non-hydrogen) atoms. The van der Waals surface area contributed by atoms with Crippen LogP contribution in [-0.4, -0.2) is 50.0 Å². The Morgan fingerprint density at radius 2 is 2.11 bits per heavy atom. The van der Waals surface area contributed by atoms with E-state index in [1.54, 1.807) is 47.5 Å². The molecule has 142 valence electrons. The molecule has 0 spiro atoms. The number of ether oxygens (including phenoxy) is 1. The fourth-order valence-corrected chi connectivity index (χ4v) is 4.74. The predicted octanol–water partition coefficient (Wildman–Crippen LogP) is 1.35. The Hall–Kier alpha value is -2.29. The number of nitrogens with zero attached hydrogens (tertiary/aromatic N) is 2. The highest BCUT2D eigenvalue weighted by atomic mass is 32.2. The first kappa shape index (κ1) is 18.1. The lowest BCUT2D eigenvalue weighted by Crippen LogP contribution is -2.37. The number of carbonyl (C=O) groups is 1. The van der Waals surface area contributed by atoms with Crippen LogP contribution in [0.3, 0.4) is 0 Å². The second-order valence-electron chi connectivity index (χ2n) is 6.80. The summed E-state index contributed by atoms with van der Waals surface area (Å²) >= 11 is 0. The van der Waals surface area contributed by atoms with Gasteiger partial charge in [0.25, 0.3) is 5.91 Å². The highest BCUT2D eigenvalue weighted by Gasteiger charge is 2.26. The van der Waals surface area contributed by atoms with E-state index in [4.69, 9.17) is 4.74 Å². The molecule has 0 saturated carbocycles. The normalized spacial score (nSPS) is 19.7. The van der Waals surface area contributed by atoms with Crippen LogP contribution in [0, 0.1) is 0 Å². The molecule has 0 bridgehead atoms. The molecule has 1 saturated heterocycles. The number of pyridine rings is 1. The van der Waals surface area contributed by atoms with E-state index in [0.717, 1.165) is 11.1 Å². The Labute approximate surface area is 158 Å². The van der Waals surface area contributed by atoms with Gasteiger partial charge in [-0.15, -0.1) is 0 Å². The van der Waals surface area contributed by atoms with Crippen molar-refractivity contribution in [3.8, 4) is 0 Å². The number of amides is 1. The molecule has 1 amide bonds. The van der Waals surface area contributed by atoms with Crippen molar-refractivity contribution in [1.82, 2.24) is 14.6 Å². The summed E-state index contributed by atoms with van der Waals surface area (Å²) in [5.74, 6) is -0.110. The molecule has 1 aromatic carbocycles. The minimum absolute atomic E-state index is 0.110. The molecule has 1 aromatic heterocycles. The average Bonchev–Trinajstić information content (AvgIpc) is 3.19. The van der Waals surface area contributed by atoms with Crippen LogP contribution in [-0.2, 0) is 27.7 Å². The topological polar surface area (TPSA) is 88.6 Å². The Balaban J connectivity index is 1.50. The van der Waals surface area contributed by atoms with Crippen molar-refractivity contribution in [2.45, 2.75) is 30.3 Å². The van der Waals surface area contributed by atoms with E-state index in [9.17, 15) is 13.2 Å². The number of hydrogen-bond donors (Lipinski definition) is 1. The van der Waals surface area contributed by atoms with E-state index in [1.165, 1.54) is 0 Å². The maximum absolute atomic E-state index is 12.6. The van der Waals surface area contributed by atoms with Gasteiger partial charge in [-0.2, -0.15) is 0 Å². The molecule has 2 aliphatic rings. The SMILES string of the molecule is O=C(c1ccccn1)N1CCc2cc(S(=O)(=O)N[C@H]3CCOC3)ccc2C1. The van der Waals surface area contributed by atoms with Crippen LogP contribution in [0.1, 0.15) is 28.0 Å². The molecule has 4 rings (SSSR count). The van der Waals surface area contributed by atoms with Gasteiger partial charge in [-0.25, -0.2) is 13.1 Å². The summed E-state index contributed by atoms with van der Waals surface area (Å²) in [6, 6.07) is 10.2. The Morgan fingerprint density at radius 3 is 2.85 bits per heavy atom. The minimum Gasteiger partial charge on any atom is -0.380 e. The van der Waals surface area contributed by atoms with Crippen LogP contribution in [0.4, 0.5) is 0 Å². The Bertz CT molecular complexity index is 941. The zero-order chi connectivity index (χ0) is 18.9. The van der Waals surface area contributed by atoms with Crippen LogP contribution in [0.25, 0.3) is 0 Å². The van der Waals surface area contributed by atoms with Crippen LogP contribution in [0.5, 0.6) is 0 Å². The average molecular weight is 387 g/mol. The zero-order valence-corrected chi connectivity index (χ0v) is 15.6.